The molecule has 0 heterocycles. The average molecular weight is 292 g/mol. The van der Waals surface area contributed by atoms with Gasteiger partial charge in [0.05, 0.1) is 22.3 Å². The van der Waals surface area contributed by atoms with Crippen LogP contribution >= 0.6 is 0 Å². The molecular formula is C15H20N2O2S. The fourth-order valence-electron chi connectivity index (χ4n) is 2.67. The summed E-state index contributed by atoms with van der Waals surface area (Å²) in [4.78, 5) is 0.287. The largest absolute Gasteiger partial charge is 0.310 e. The maximum atomic E-state index is 12.2. The van der Waals surface area contributed by atoms with E-state index < -0.39 is 9.84 Å². The van der Waals surface area contributed by atoms with Crippen LogP contribution in [0.15, 0.2) is 29.2 Å². The summed E-state index contributed by atoms with van der Waals surface area (Å²) in [5.41, 5.74) is 0.570. The Morgan fingerprint density at radius 1 is 1.25 bits per heavy atom. The zero-order valence-corrected chi connectivity index (χ0v) is 12.5. The maximum Gasteiger partial charge on any atom is 0.179 e. The molecule has 1 fully saturated rings. The Hall–Kier alpha value is -1.38. The van der Waals surface area contributed by atoms with E-state index in [0.29, 0.717) is 12.1 Å². The van der Waals surface area contributed by atoms with Crippen LogP contribution in [0.5, 0.6) is 0 Å². The Kier molecular flexibility index (Phi) is 4.46. The highest BCUT2D eigenvalue weighted by Gasteiger charge is 2.28. The monoisotopic (exact) mass is 292 g/mol. The predicted octanol–water partition coefficient (Wildman–Crippen LogP) is 2.25. The zero-order valence-electron chi connectivity index (χ0n) is 11.7. The van der Waals surface area contributed by atoms with Gasteiger partial charge in [-0.1, -0.05) is 12.8 Å². The minimum absolute atomic E-state index is 0.0918. The van der Waals surface area contributed by atoms with E-state index in [1.54, 1.807) is 12.1 Å². The molecule has 5 heteroatoms. The first-order valence-electron chi connectivity index (χ1n) is 6.93. The van der Waals surface area contributed by atoms with Gasteiger partial charge in [-0.15, -0.1) is 0 Å². The molecule has 0 aliphatic heterocycles. The molecule has 0 amide bonds. The van der Waals surface area contributed by atoms with Crippen molar-refractivity contribution >= 4 is 9.84 Å². The smallest absolute Gasteiger partial charge is 0.179 e. The molecule has 2 rings (SSSR count). The Bertz CT molecular complexity index is 594. The molecule has 20 heavy (non-hydrogen) atoms. The summed E-state index contributed by atoms with van der Waals surface area (Å²) < 4.78 is 24.4. The Morgan fingerprint density at radius 2 is 1.85 bits per heavy atom. The minimum Gasteiger partial charge on any atom is -0.310 e. The summed E-state index contributed by atoms with van der Waals surface area (Å²) in [5.74, 6) is 0.0918. The first-order chi connectivity index (χ1) is 9.45. The second-order valence-electron chi connectivity index (χ2n) is 5.65. The molecule has 0 bridgehead atoms. The van der Waals surface area contributed by atoms with Crippen LogP contribution in [-0.2, 0) is 9.84 Å². The normalized spacial score (nSPS) is 17.8. The van der Waals surface area contributed by atoms with Crippen molar-refractivity contribution in [2.75, 3.05) is 12.3 Å². The fourth-order valence-corrected chi connectivity index (χ4v) is 3.83. The van der Waals surface area contributed by atoms with E-state index in [2.05, 4.69) is 12.2 Å². The van der Waals surface area contributed by atoms with Gasteiger partial charge in [0, 0.05) is 12.1 Å². The molecule has 1 aliphatic carbocycles. The molecule has 1 N–H and O–H groups in total. The number of nitrogens with one attached hydrogen (secondary N) is 1. The van der Waals surface area contributed by atoms with Crippen molar-refractivity contribution in [1.82, 2.24) is 5.32 Å². The molecule has 4 nitrogen and oxygen atoms in total. The maximum absolute atomic E-state index is 12.2. The van der Waals surface area contributed by atoms with E-state index in [1.165, 1.54) is 25.0 Å². The molecule has 1 aromatic rings. The molecule has 1 aromatic carbocycles. The molecular weight excluding hydrogens is 272 g/mol. The molecule has 0 spiro atoms. The van der Waals surface area contributed by atoms with Crippen LogP contribution in [0.1, 0.15) is 38.2 Å². The second kappa shape index (κ2) is 5.94. The van der Waals surface area contributed by atoms with Gasteiger partial charge in [0.25, 0.3) is 0 Å². The van der Waals surface area contributed by atoms with Crippen molar-refractivity contribution in [3.63, 3.8) is 0 Å². The highest BCUT2D eigenvalue weighted by molar-refractivity contribution is 7.91. The topological polar surface area (TPSA) is 70.0 Å². The third-order valence-corrected chi connectivity index (χ3v) is 5.70. The molecule has 0 aromatic heterocycles. The second-order valence-corrected chi connectivity index (χ2v) is 7.76. The molecule has 1 aliphatic rings. The van der Waals surface area contributed by atoms with Crippen LogP contribution in [0.2, 0.25) is 0 Å². The number of hydrogen-bond donors (Lipinski definition) is 1. The van der Waals surface area contributed by atoms with E-state index in [9.17, 15) is 8.42 Å². The Labute approximate surface area is 120 Å². The number of sulfone groups is 1. The van der Waals surface area contributed by atoms with Crippen LogP contribution in [0.4, 0.5) is 0 Å². The molecule has 0 unspecified atom stereocenters. The van der Waals surface area contributed by atoms with Gasteiger partial charge in [-0.05, 0) is 44.0 Å². The van der Waals surface area contributed by atoms with Crippen molar-refractivity contribution in [1.29, 1.82) is 5.26 Å². The quantitative estimate of drug-likeness (QED) is 0.903. The van der Waals surface area contributed by atoms with E-state index in [-0.39, 0.29) is 16.2 Å². The first-order valence-corrected chi connectivity index (χ1v) is 8.58. The lowest BCUT2D eigenvalue weighted by molar-refractivity contribution is 0.375. The summed E-state index contributed by atoms with van der Waals surface area (Å²) in [6.07, 6.45) is 4.66. The van der Waals surface area contributed by atoms with Crippen LogP contribution < -0.4 is 5.32 Å². The Morgan fingerprint density at radius 3 is 2.40 bits per heavy atom. The van der Waals surface area contributed by atoms with Crippen LogP contribution in [0.25, 0.3) is 0 Å². The number of hydrogen-bond acceptors (Lipinski definition) is 4. The van der Waals surface area contributed by atoms with Crippen LogP contribution in [0.3, 0.4) is 0 Å². The number of nitrogens with zero attached hydrogens (tertiary/aromatic N) is 1. The van der Waals surface area contributed by atoms with Crippen molar-refractivity contribution < 1.29 is 8.42 Å². The average Bonchev–Trinajstić information content (AvgIpc) is 2.85. The number of benzene rings is 1. The highest BCUT2D eigenvalue weighted by atomic mass is 32.2. The lowest BCUT2D eigenvalue weighted by Crippen LogP contribution is -2.41. The SMILES string of the molecule is CC1(NCCS(=O)(=O)c2ccc(C#N)cc2)CCCC1. The zero-order chi connectivity index (χ0) is 14.6. The molecule has 108 valence electrons. The molecule has 0 atom stereocenters. The summed E-state index contributed by atoms with van der Waals surface area (Å²) in [5, 5.41) is 12.1. The lowest BCUT2D eigenvalue weighted by Gasteiger charge is -2.25. The first kappa shape index (κ1) is 15.0. The van der Waals surface area contributed by atoms with E-state index >= 15 is 0 Å². The Balaban J connectivity index is 1.95. The molecule has 0 saturated heterocycles. The van der Waals surface area contributed by atoms with Crippen LogP contribution in [-0.4, -0.2) is 26.3 Å². The molecule has 0 radical (unpaired) electrons. The predicted molar refractivity (Wildman–Crippen MR) is 78.1 cm³/mol. The summed E-state index contributed by atoms with van der Waals surface area (Å²) in [7, 11) is -3.28. The van der Waals surface area contributed by atoms with Gasteiger partial charge in [-0.2, -0.15) is 5.26 Å². The lowest BCUT2D eigenvalue weighted by atomic mass is 10.0. The van der Waals surface area contributed by atoms with Gasteiger partial charge in [-0.25, -0.2) is 8.42 Å². The summed E-state index contributed by atoms with van der Waals surface area (Å²) in [6.45, 7) is 2.63. The number of nitriles is 1. The van der Waals surface area contributed by atoms with Gasteiger partial charge in [-0.3, -0.25) is 0 Å². The van der Waals surface area contributed by atoms with Gasteiger partial charge in [0.2, 0.25) is 0 Å². The van der Waals surface area contributed by atoms with Crippen molar-refractivity contribution in [2.45, 2.75) is 43.0 Å². The molecule has 1 saturated carbocycles. The third kappa shape index (κ3) is 3.59. The minimum atomic E-state index is -3.28. The summed E-state index contributed by atoms with van der Waals surface area (Å²) >= 11 is 0. The van der Waals surface area contributed by atoms with E-state index in [1.807, 2.05) is 6.07 Å². The standard InChI is InChI=1S/C15H20N2O2S/c1-15(8-2-3-9-15)17-10-11-20(18,19)14-6-4-13(12-16)5-7-14/h4-7,17H,2-3,8-11H2,1H3. The highest BCUT2D eigenvalue weighted by Crippen LogP contribution is 2.28. The van der Waals surface area contributed by atoms with Gasteiger partial charge in [0.15, 0.2) is 9.84 Å². The van der Waals surface area contributed by atoms with Gasteiger partial charge >= 0.3 is 0 Å². The van der Waals surface area contributed by atoms with Crippen molar-refractivity contribution in [2.24, 2.45) is 0 Å². The summed E-state index contributed by atoms with van der Waals surface area (Å²) in [6, 6.07) is 8.07. The fraction of sp³-hybridized carbons (Fsp3) is 0.533. The van der Waals surface area contributed by atoms with Gasteiger partial charge < -0.3 is 5.32 Å². The third-order valence-electron chi connectivity index (χ3n) is 3.97. The van der Waals surface area contributed by atoms with Crippen molar-refractivity contribution in [3.05, 3.63) is 29.8 Å². The van der Waals surface area contributed by atoms with Crippen LogP contribution in [0, 0.1) is 11.3 Å². The van der Waals surface area contributed by atoms with Crippen molar-refractivity contribution in [3.8, 4) is 6.07 Å². The van der Waals surface area contributed by atoms with Gasteiger partial charge in [0.1, 0.15) is 0 Å². The van der Waals surface area contributed by atoms with E-state index in [0.717, 1.165) is 12.8 Å². The number of rotatable bonds is 5. The van der Waals surface area contributed by atoms with E-state index in [4.69, 9.17) is 5.26 Å².